The lowest BCUT2D eigenvalue weighted by atomic mass is 9.59. The van der Waals surface area contributed by atoms with Crippen LogP contribution < -0.4 is 16.6 Å². The zero-order valence-electron chi connectivity index (χ0n) is 18.0. The molecule has 3 aromatic carbocycles. The molecule has 3 aliphatic rings. The average Bonchev–Trinajstić information content (AvgIpc) is 2.85. The van der Waals surface area contributed by atoms with Crippen LogP contribution in [0, 0.1) is 5.92 Å². The Bertz CT molecular complexity index is 1470. The normalized spacial score (nSPS) is 20.3. The van der Waals surface area contributed by atoms with Crippen LogP contribution in [0.1, 0.15) is 40.5 Å². The molecule has 1 aromatic heterocycles. The summed E-state index contributed by atoms with van der Waals surface area (Å²) in [7, 11) is 0. The minimum Gasteiger partial charge on any atom is -0.354 e. The molecule has 0 saturated carbocycles. The third-order valence-corrected chi connectivity index (χ3v) is 7.19. The van der Waals surface area contributed by atoms with Gasteiger partial charge >= 0.3 is 5.69 Å². The van der Waals surface area contributed by atoms with E-state index in [1.807, 2.05) is 0 Å². The number of aromatic amines is 1. The van der Waals surface area contributed by atoms with Gasteiger partial charge in [-0.1, -0.05) is 60.7 Å². The topological polar surface area (TPSA) is 84.0 Å². The van der Waals surface area contributed by atoms with Crippen LogP contribution in [0.2, 0.25) is 0 Å². The predicted octanol–water partition coefficient (Wildman–Crippen LogP) is 3.10. The van der Waals surface area contributed by atoms with Crippen LogP contribution in [-0.4, -0.2) is 22.0 Å². The molecule has 0 saturated heterocycles. The molecule has 164 valence electrons. The predicted molar refractivity (Wildman–Crippen MR) is 127 cm³/mol. The number of nitrogens with zero attached hydrogens (tertiary/aromatic N) is 1. The number of aromatic nitrogens is 2. The van der Waals surface area contributed by atoms with E-state index in [1.54, 1.807) is 24.3 Å². The number of para-hydroxylation sites is 1. The van der Waals surface area contributed by atoms with Gasteiger partial charge in [0.2, 0.25) is 5.91 Å². The summed E-state index contributed by atoms with van der Waals surface area (Å²) >= 11 is 0. The highest BCUT2D eigenvalue weighted by molar-refractivity contribution is 5.81. The van der Waals surface area contributed by atoms with Gasteiger partial charge in [-0.25, -0.2) is 4.79 Å². The van der Waals surface area contributed by atoms with Crippen LogP contribution in [0.3, 0.4) is 0 Å². The van der Waals surface area contributed by atoms with Crippen LogP contribution >= 0.6 is 0 Å². The number of rotatable bonds is 4. The van der Waals surface area contributed by atoms with Crippen LogP contribution in [-0.2, 0) is 11.3 Å². The van der Waals surface area contributed by atoms with Gasteiger partial charge in [-0.3, -0.25) is 19.1 Å². The molecule has 0 aliphatic heterocycles. The van der Waals surface area contributed by atoms with Crippen molar-refractivity contribution >= 4 is 16.8 Å². The summed E-state index contributed by atoms with van der Waals surface area (Å²) in [6.07, 6.45) is 0.987. The van der Waals surface area contributed by atoms with Crippen LogP contribution in [0.15, 0.2) is 82.4 Å². The van der Waals surface area contributed by atoms with Gasteiger partial charge in [0.05, 0.1) is 10.9 Å². The molecular formula is C27H23N3O3. The Morgan fingerprint density at radius 1 is 0.879 bits per heavy atom. The van der Waals surface area contributed by atoms with Gasteiger partial charge in [-0.05, 0) is 46.7 Å². The van der Waals surface area contributed by atoms with E-state index < -0.39 is 11.2 Å². The molecule has 7 rings (SSSR count). The minimum absolute atomic E-state index is 0.135. The largest absolute Gasteiger partial charge is 0.354 e. The Labute approximate surface area is 189 Å². The summed E-state index contributed by atoms with van der Waals surface area (Å²) in [5, 5.41) is 3.45. The number of H-pyrrole nitrogens is 1. The third kappa shape index (κ3) is 3.13. The lowest BCUT2D eigenvalue weighted by Crippen LogP contribution is -2.41. The molecule has 1 amide bonds. The van der Waals surface area contributed by atoms with E-state index in [0.717, 1.165) is 6.42 Å². The van der Waals surface area contributed by atoms with E-state index in [4.69, 9.17) is 0 Å². The average molecular weight is 437 g/mol. The first-order valence-corrected chi connectivity index (χ1v) is 11.3. The summed E-state index contributed by atoms with van der Waals surface area (Å²) < 4.78 is 1.32. The highest BCUT2D eigenvalue weighted by Crippen LogP contribution is 2.55. The number of benzene rings is 3. The fourth-order valence-electron chi connectivity index (χ4n) is 5.80. The third-order valence-electron chi connectivity index (χ3n) is 7.19. The molecule has 1 unspecified atom stereocenters. The maximum Gasteiger partial charge on any atom is 0.329 e. The standard InChI is InChI=1S/C27H23N3O3/c31-24(15-30-23-12-6-5-11-21(23)26(32)29-27(30)33)28-14-16-13-22-17-7-1-3-9-19(17)25(16)20-10-4-2-8-18(20)22/h1-12,16,22,25H,13-15H2,(H,28,31)(H,29,32,33). The first-order valence-electron chi connectivity index (χ1n) is 11.3. The smallest absolute Gasteiger partial charge is 0.329 e. The summed E-state index contributed by atoms with van der Waals surface area (Å²) in [5.74, 6) is 0.638. The van der Waals surface area contributed by atoms with E-state index in [9.17, 15) is 14.4 Å². The summed E-state index contributed by atoms with van der Waals surface area (Å²) in [6.45, 7) is 0.406. The fraction of sp³-hybridized carbons (Fsp3) is 0.222. The first kappa shape index (κ1) is 19.7. The van der Waals surface area contributed by atoms with Crippen LogP contribution in [0.25, 0.3) is 10.9 Å². The molecule has 6 nitrogen and oxygen atoms in total. The van der Waals surface area contributed by atoms with Gasteiger partial charge in [-0.2, -0.15) is 0 Å². The molecule has 3 aliphatic carbocycles. The molecular weight excluding hydrogens is 414 g/mol. The van der Waals surface area contributed by atoms with Gasteiger partial charge < -0.3 is 5.32 Å². The van der Waals surface area contributed by atoms with Crippen LogP contribution in [0.5, 0.6) is 0 Å². The maximum atomic E-state index is 12.9. The summed E-state index contributed by atoms with van der Waals surface area (Å²) in [5.41, 5.74) is 4.95. The Morgan fingerprint density at radius 3 is 2.18 bits per heavy atom. The van der Waals surface area contributed by atoms with Crippen LogP contribution in [0.4, 0.5) is 0 Å². The van der Waals surface area contributed by atoms with E-state index in [-0.39, 0.29) is 24.3 Å². The lowest BCUT2D eigenvalue weighted by Gasteiger charge is -2.45. The summed E-state index contributed by atoms with van der Waals surface area (Å²) in [6, 6.07) is 24.1. The van der Waals surface area contributed by atoms with Crippen molar-refractivity contribution in [2.24, 2.45) is 5.92 Å². The van der Waals surface area contributed by atoms with Crippen molar-refractivity contribution in [2.75, 3.05) is 6.54 Å². The van der Waals surface area contributed by atoms with Gasteiger partial charge in [0.1, 0.15) is 6.54 Å². The van der Waals surface area contributed by atoms with Crippen molar-refractivity contribution in [3.05, 3.63) is 116 Å². The molecule has 2 N–H and O–H groups in total. The van der Waals surface area contributed by atoms with Gasteiger partial charge in [-0.15, -0.1) is 0 Å². The zero-order valence-corrected chi connectivity index (χ0v) is 18.0. The van der Waals surface area contributed by atoms with Gasteiger partial charge in [0.15, 0.2) is 0 Å². The van der Waals surface area contributed by atoms with Crippen molar-refractivity contribution in [1.29, 1.82) is 0 Å². The quantitative estimate of drug-likeness (QED) is 0.515. The number of hydrogen-bond donors (Lipinski definition) is 2. The minimum atomic E-state index is -0.576. The Morgan fingerprint density at radius 2 is 1.48 bits per heavy atom. The monoisotopic (exact) mass is 437 g/mol. The molecule has 1 heterocycles. The number of carbonyl (C=O) groups is 1. The number of nitrogens with one attached hydrogen (secondary N) is 2. The second-order valence-electron chi connectivity index (χ2n) is 8.95. The number of amides is 1. The summed E-state index contributed by atoms with van der Waals surface area (Å²) in [4.78, 5) is 39.7. The Balaban J connectivity index is 1.25. The van der Waals surface area contributed by atoms with Crippen molar-refractivity contribution < 1.29 is 4.79 Å². The molecule has 0 radical (unpaired) electrons. The lowest BCUT2D eigenvalue weighted by molar-refractivity contribution is -0.121. The van der Waals surface area contributed by atoms with Crippen molar-refractivity contribution in [2.45, 2.75) is 24.8 Å². The van der Waals surface area contributed by atoms with Crippen molar-refractivity contribution in [3.8, 4) is 0 Å². The highest BCUT2D eigenvalue weighted by atomic mass is 16.2. The van der Waals surface area contributed by atoms with Gasteiger partial charge in [0.25, 0.3) is 5.56 Å². The molecule has 0 fully saturated rings. The van der Waals surface area contributed by atoms with E-state index >= 15 is 0 Å². The molecule has 0 spiro atoms. The number of carbonyl (C=O) groups excluding carboxylic acids is 1. The highest BCUT2D eigenvalue weighted by Gasteiger charge is 2.42. The Kier molecular flexibility index (Phi) is 4.54. The second-order valence-corrected chi connectivity index (χ2v) is 8.95. The van der Waals surface area contributed by atoms with E-state index in [0.29, 0.717) is 23.4 Å². The number of fused-ring (bicyclic) bond motifs is 2. The molecule has 2 bridgehead atoms. The van der Waals surface area contributed by atoms with Gasteiger partial charge in [0, 0.05) is 18.4 Å². The number of hydrogen-bond acceptors (Lipinski definition) is 3. The maximum absolute atomic E-state index is 12.9. The van der Waals surface area contributed by atoms with Crippen molar-refractivity contribution in [1.82, 2.24) is 14.9 Å². The van der Waals surface area contributed by atoms with E-state index in [1.165, 1.54) is 26.8 Å². The molecule has 1 atom stereocenters. The zero-order chi connectivity index (χ0) is 22.5. The molecule has 6 heteroatoms. The SMILES string of the molecule is O=C(Cn1c(=O)[nH]c(=O)c2ccccc21)NCC1CC2c3ccccc3C1c1ccccc12. The second kappa shape index (κ2) is 7.59. The fourth-order valence-corrected chi connectivity index (χ4v) is 5.80. The molecule has 4 aromatic rings. The first-order chi connectivity index (χ1) is 16.1. The Hall–Kier alpha value is -3.93. The molecule has 33 heavy (non-hydrogen) atoms. The van der Waals surface area contributed by atoms with Crippen molar-refractivity contribution in [3.63, 3.8) is 0 Å². The van der Waals surface area contributed by atoms with E-state index in [2.05, 4.69) is 58.8 Å².